The van der Waals surface area contributed by atoms with Crippen LogP contribution in [0.1, 0.15) is 31.5 Å². The zero-order chi connectivity index (χ0) is 13.2. The van der Waals surface area contributed by atoms with Crippen molar-refractivity contribution in [1.29, 1.82) is 0 Å². The maximum Gasteiger partial charge on any atom is 0.128 e. The van der Waals surface area contributed by atoms with Gasteiger partial charge in [-0.15, -0.1) is 0 Å². The minimum atomic E-state index is -1.00. The van der Waals surface area contributed by atoms with Crippen LogP contribution in [0.15, 0.2) is 36.5 Å². The van der Waals surface area contributed by atoms with E-state index in [9.17, 15) is 5.11 Å². The van der Waals surface area contributed by atoms with Gasteiger partial charge < -0.3 is 5.11 Å². The lowest BCUT2D eigenvalue weighted by Crippen LogP contribution is -2.27. The van der Waals surface area contributed by atoms with E-state index >= 15 is 0 Å². The minimum Gasteiger partial charge on any atom is -0.379 e. The zero-order valence-corrected chi connectivity index (χ0v) is 12.8. The Balaban J connectivity index is 2.40. The Hall–Kier alpha value is -0.880. The molecule has 1 atom stereocenters. The SMILES string of the molecule is CCCn1nccc1C(C)(O)c1ccc(I)cc1. The second-order valence-electron chi connectivity index (χ2n) is 4.52. The van der Waals surface area contributed by atoms with Crippen LogP contribution in [-0.4, -0.2) is 14.9 Å². The standard InChI is InChI=1S/C14H17IN2O/c1-3-10-17-13(8-9-16-17)14(2,18)11-4-6-12(15)7-5-11/h4-9,18H,3,10H2,1-2H3. The van der Waals surface area contributed by atoms with E-state index < -0.39 is 5.60 Å². The quantitative estimate of drug-likeness (QED) is 0.855. The summed E-state index contributed by atoms with van der Waals surface area (Å²) in [5.41, 5.74) is 0.724. The molecule has 0 amide bonds. The fourth-order valence-electron chi connectivity index (χ4n) is 2.06. The summed E-state index contributed by atoms with van der Waals surface area (Å²) >= 11 is 2.26. The van der Waals surface area contributed by atoms with Gasteiger partial charge in [0.1, 0.15) is 5.60 Å². The number of hydrogen-bond donors (Lipinski definition) is 1. The van der Waals surface area contributed by atoms with E-state index in [2.05, 4.69) is 34.6 Å². The lowest BCUT2D eigenvalue weighted by molar-refractivity contribution is 0.0914. The van der Waals surface area contributed by atoms with Gasteiger partial charge >= 0.3 is 0 Å². The van der Waals surface area contributed by atoms with Gasteiger partial charge in [0.05, 0.1) is 5.69 Å². The molecule has 96 valence electrons. The third-order valence-electron chi connectivity index (χ3n) is 3.06. The molecular formula is C14H17IN2O. The first-order chi connectivity index (χ1) is 8.55. The minimum absolute atomic E-state index is 0.822. The largest absolute Gasteiger partial charge is 0.379 e. The van der Waals surface area contributed by atoms with Gasteiger partial charge in [-0.05, 0) is 59.7 Å². The number of rotatable bonds is 4. The van der Waals surface area contributed by atoms with Crippen LogP contribution in [0.5, 0.6) is 0 Å². The number of aliphatic hydroxyl groups is 1. The van der Waals surface area contributed by atoms with E-state index in [1.807, 2.05) is 41.9 Å². The van der Waals surface area contributed by atoms with E-state index in [4.69, 9.17) is 0 Å². The molecule has 1 unspecified atom stereocenters. The summed E-state index contributed by atoms with van der Waals surface area (Å²) < 4.78 is 3.03. The average molecular weight is 356 g/mol. The Bertz CT molecular complexity index is 517. The number of nitrogens with zero attached hydrogens (tertiary/aromatic N) is 2. The third-order valence-corrected chi connectivity index (χ3v) is 3.78. The van der Waals surface area contributed by atoms with Crippen molar-refractivity contribution in [3.05, 3.63) is 51.4 Å². The molecule has 2 aromatic rings. The van der Waals surface area contributed by atoms with E-state index in [1.165, 1.54) is 0 Å². The highest BCUT2D eigenvalue weighted by Gasteiger charge is 2.29. The average Bonchev–Trinajstić information content (AvgIpc) is 2.79. The molecule has 0 saturated carbocycles. The maximum absolute atomic E-state index is 10.8. The zero-order valence-electron chi connectivity index (χ0n) is 10.6. The van der Waals surface area contributed by atoms with Crippen LogP contribution in [0.3, 0.4) is 0 Å². The summed E-state index contributed by atoms with van der Waals surface area (Å²) in [7, 11) is 0. The van der Waals surface area contributed by atoms with E-state index in [0.717, 1.165) is 27.8 Å². The number of aromatic nitrogens is 2. The Morgan fingerprint density at radius 1 is 1.28 bits per heavy atom. The molecule has 0 radical (unpaired) electrons. The smallest absolute Gasteiger partial charge is 0.128 e. The van der Waals surface area contributed by atoms with Crippen molar-refractivity contribution < 1.29 is 5.11 Å². The highest BCUT2D eigenvalue weighted by Crippen LogP contribution is 2.29. The predicted octanol–water partition coefficient (Wildman–Crippen LogP) is 3.15. The Morgan fingerprint density at radius 2 is 1.94 bits per heavy atom. The molecule has 4 heteroatoms. The molecule has 0 aliphatic carbocycles. The lowest BCUT2D eigenvalue weighted by Gasteiger charge is -2.25. The van der Waals surface area contributed by atoms with Crippen molar-refractivity contribution in [2.75, 3.05) is 0 Å². The van der Waals surface area contributed by atoms with Gasteiger partial charge in [-0.2, -0.15) is 5.10 Å². The third kappa shape index (κ3) is 2.59. The van der Waals surface area contributed by atoms with Crippen molar-refractivity contribution in [2.45, 2.75) is 32.4 Å². The van der Waals surface area contributed by atoms with Crippen molar-refractivity contribution in [2.24, 2.45) is 0 Å². The molecule has 0 fully saturated rings. The molecule has 1 aromatic carbocycles. The summed E-state index contributed by atoms with van der Waals surface area (Å²) in [6.07, 6.45) is 2.74. The molecule has 3 nitrogen and oxygen atoms in total. The van der Waals surface area contributed by atoms with Crippen molar-refractivity contribution in [1.82, 2.24) is 9.78 Å². The summed E-state index contributed by atoms with van der Waals surface area (Å²) in [6, 6.07) is 9.82. The Morgan fingerprint density at radius 3 is 2.56 bits per heavy atom. The fourth-order valence-corrected chi connectivity index (χ4v) is 2.42. The molecule has 0 spiro atoms. The molecular weight excluding hydrogens is 339 g/mol. The van der Waals surface area contributed by atoms with Gasteiger partial charge in [-0.25, -0.2) is 0 Å². The van der Waals surface area contributed by atoms with Crippen molar-refractivity contribution in [3.63, 3.8) is 0 Å². The molecule has 0 bridgehead atoms. The van der Waals surface area contributed by atoms with Crippen LogP contribution in [0, 0.1) is 3.57 Å². The van der Waals surface area contributed by atoms with Crippen molar-refractivity contribution in [3.8, 4) is 0 Å². The van der Waals surface area contributed by atoms with Gasteiger partial charge in [0.25, 0.3) is 0 Å². The van der Waals surface area contributed by atoms with Crippen LogP contribution in [-0.2, 0) is 12.1 Å². The molecule has 1 heterocycles. The molecule has 0 saturated heterocycles. The molecule has 18 heavy (non-hydrogen) atoms. The van der Waals surface area contributed by atoms with Crippen LogP contribution >= 0.6 is 22.6 Å². The summed E-state index contributed by atoms with van der Waals surface area (Å²) in [4.78, 5) is 0. The van der Waals surface area contributed by atoms with Crippen molar-refractivity contribution >= 4 is 22.6 Å². The van der Waals surface area contributed by atoms with E-state index in [0.29, 0.717) is 0 Å². The Kier molecular flexibility index (Phi) is 4.07. The molecule has 0 aliphatic heterocycles. The van der Waals surface area contributed by atoms with Crippen LogP contribution in [0.4, 0.5) is 0 Å². The highest BCUT2D eigenvalue weighted by molar-refractivity contribution is 14.1. The summed E-state index contributed by atoms with van der Waals surface area (Å²) in [6.45, 7) is 4.74. The first-order valence-electron chi connectivity index (χ1n) is 6.06. The molecule has 2 rings (SSSR count). The van der Waals surface area contributed by atoms with E-state index in [-0.39, 0.29) is 0 Å². The van der Waals surface area contributed by atoms with Crippen LogP contribution in [0.2, 0.25) is 0 Å². The first-order valence-corrected chi connectivity index (χ1v) is 7.14. The number of benzene rings is 1. The fraction of sp³-hybridized carbons (Fsp3) is 0.357. The second-order valence-corrected chi connectivity index (χ2v) is 5.76. The van der Waals surface area contributed by atoms with Gasteiger partial charge in [-0.3, -0.25) is 4.68 Å². The summed E-state index contributed by atoms with van der Waals surface area (Å²) in [5, 5.41) is 15.1. The first kappa shape index (κ1) is 13.5. The van der Waals surface area contributed by atoms with Gasteiger partial charge in [0, 0.05) is 16.3 Å². The van der Waals surface area contributed by atoms with Crippen LogP contribution < -0.4 is 0 Å². The maximum atomic E-state index is 10.8. The topological polar surface area (TPSA) is 38.0 Å². The molecule has 1 N–H and O–H groups in total. The molecule has 0 aliphatic rings. The monoisotopic (exact) mass is 356 g/mol. The number of halogens is 1. The summed E-state index contributed by atoms with van der Waals surface area (Å²) in [5.74, 6) is 0. The van der Waals surface area contributed by atoms with Crippen LogP contribution in [0.25, 0.3) is 0 Å². The van der Waals surface area contributed by atoms with Gasteiger partial charge in [0.2, 0.25) is 0 Å². The normalized spacial score (nSPS) is 14.4. The molecule has 1 aromatic heterocycles. The predicted molar refractivity (Wildman–Crippen MR) is 80.3 cm³/mol. The number of aryl methyl sites for hydroxylation is 1. The van der Waals surface area contributed by atoms with Gasteiger partial charge in [-0.1, -0.05) is 19.1 Å². The van der Waals surface area contributed by atoms with Gasteiger partial charge in [0.15, 0.2) is 0 Å². The Labute approximate surface area is 121 Å². The highest BCUT2D eigenvalue weighted by atomic mass is 127. The van der Waals surface area contributed by atoms with E-state index in [1.54, 1.807) is 6.20 Å². The second kappa shape index (κ2) is 5.40. The number of hydrogen-bond acceptors (Lipinski definition) is 2. The lowest BCUT2D eigenvalue weighted by atomic mass is 9.92.